The molecule has 6 heteroatoms. The second-order valence-electron chi connectivity index (χ2n) is 6.68. The lowest BCUT2D eigenvalue weighted by Gasteiger charge is -2.00. The SMILES string of the molecule is CC(/C=N/NC(=O)CCC(=O)N/N=C/C(C)=C/c1ccccc1)=C\c1ccccc1. The van der Waals surface area contributed by atoms with Gasteiger partial charge in [0.25, 0.3) is 0 Å². The van der Waals surface area contributed by atoms with Crippen molar-refractivity contribution in [1.29, 1.82) is 0 Å². The maximum absolute atomic E-state index is 11.8. The summed E-state index contributed by atoms with van der Waals surface area (Å²) < 4.78 is 0. The summed E-state index contributed by atoms with van der Waals surface area (Å²) in [6, 6.07) is 19.6. The zero-order valence-electron chi connectivity index (χ0n) is 17.2. The standard InChI is InChI=1S/C24H26N4O2/c1-19(15-21-9-5-3-6-10-21)17-25-27-23(29)13-14-24(30)28-26-18-20(2)16-22-11-7-4-8-12-22/h3-12,15-18H,13-14H2,1-2H3,(H,27,29)(H,28,30)/b19-15+,20-16+,25-17+,26-18+. The van der Waals surface area contributed by atoms with E-state index in [0.717, 1.165) is 22.3 Å². The summed E-state index contributed by atoms with van der Waals surface area (Å²) in [6.45, 7) is 3.78. The van der Waals surface area contributed by atoms with Crippen LogP contribution in [0.25, 0.3) is 12.2 Å². The molecule has 0 aliphatic heterocycles. The van der Waals surface area contributed by atoms with Crippen LogP contribution < -0.4 is 10.9 Å². The average Bonchev–Trinajstić information content (AvgIpc) is 2.73. The summed E-state index contributed by atoms with van der Waals surface area (Å²) in [5, 5.41) is 7.82. The molecule has 2 amide bonds. The van der Waals surface area contributed by atoms with Gasteiger partial charge in [-0.25, -0.2) is 10.9 Å². The second-order valence-corrected chi connectivity index (χ2v) is 6.68. The Kier molecular flexibility index (Phi) is 9.46. The predicted octanol–water partition coefficient (Wildman–Crippen LogP) is 4.18. The third kappa shape index (κ3) is 9.41. The lowest BCUT2D eigenvalue weighted by Crippen LogP contribution is -2.22. The molecule has 2 aromatic carbocycles. The van der Waals surface area contributed by atoms with Crippen LogP contribution in [-0.2, 0) is 9.59 Å². The Morgan fingerprint density at radius 1 is 0.700 bits per heavy atom. The van der Waals surface area contributed by atoms with Gasteiger partial charge >= 0.3 is 0 Å². The highest BCUT2D eigenvalue weighted by Gasteiger charge is 2.05. The van der Waals surface area contributed by atoms with Crippen LogP contribution in [0.5, 0.6) is 0 Å². The van der Waals surface area contributed by atoms with Crippen molar-refractivity contribution >= 4 is 36.4 Å². The molecule has 154 valence electrons. The van der Waals surface area contributed by atoms with Gasteiger partial charge in [-0.1, -0.05) is 72.8 Å². The number of rotatable bonds is 9. The van der Waals surface area contributed by atoms with E-state index in [2.05, 4.69) is 21.1 Å². The summed E-state index contributed by atoms with van der Waals surface area (Å²) in [6.07, 6.45) is 7.09. The maximum Gasteiger partial charge on any atom is 0.240 e. The molecule has 2 rings (SSSR count). The Morgan fingerprint density at radius 2 is 1.07 bits per heavy atom. The second kappa shape index (κ2) is 12.6. The molecular weight excluding hydrogens is 376 g/mol. The van der Waals surface area contributed by atoms with Gasteiger partial charge in [0.1, 0.15) is 0 Å². The van der Waals surface area contributed by atoms with Crippen molar-refractivity contribution in [1.82, 2.24) is 10.9 Å². The van der Waals surface area contributed by atoms with E-state index in [0.29, 0.717) is 0 Å². The third-order valence-corrected chi connectivity index (χ3v) is 3.88. The van der Waals surface area contributed by atoms with Gasteiger partial charge < -0.3 is 0 Å². The summed E-state index contributed by atoms with van der Waals surface area (Å²) in [5.41, 5.74) is 8.74. The highest BCUT2D eigenvalue weighted by atomic mass is 16.2. The van der Waals surface area contributed by atoms with Crippen LogP contribution in [-0.4, -0.2) is 24.2 Å². The van der Waals surface area contributed by atoms with Gasteiger partial charge in [-0.15, -0.1) is 0 Å². The molecule has 6 nitrogen and oxygen atoms in total. The number of hydrazone groups is 2. The van der Waals surface area contributed by atoms with E-state index in [1.54, 1.807) is 12.4 Å². The molecule has 0 bridgehead atoms. The minimum absolute atomic E-state index is 0.0268. The fourth-order valence-corrected chi connectivity index (χ4v) is 2.45. The molecule has 0 aromatic heterocycles. The van der Waals surface area contributed by atoms with Crippen molar-refractivity contribution in [2.75, 3.05) is 0 Å². The van der Waals surface area contributed by atoms with Crippen molar-refractivity contribution in [2.45, 2.75) is 26.7 Å². The molecule has 0 heterocycles. The fourth-order valence-electron chi connectivity index (χ4n) is 2.45. The summed E-state index contributed by atoms with van der Waals surface area (Å²) in [7, 11) is 0. The quantitative estimate of drug-likeness (QED) is 0.487. The largest absolute Gasteiger partial charge is 0.273 e. The normalized spacial score (nSPS) is 12.3. The van der Waals surface area contributed by atoms with E-state index < -0.39 is 0 Å². The van der Waals surface area contributed by atoms with Gasteiger partial charge in [-0.3, -0.25) is 9.59 Å². The average molecular weight is 402 g/mol. The minimum atomic E-state index is -0.335. The van der Waals surface area contributed by atoms with Crippen LogP contribution >= 0.6 is 0 Å². The molecule has 0 saturated carbocycles. The lowest BCUT2D eigenvalue weighted by atomic mass is 10.1. The van der Waals surface area contributed by atoms with Crippen LogP contribution in [0.2, 0.25) is 0 Å². The van der Waals surface area contributed by atoms with E-state index in [1.807, 2.05) is 86.7 Å². The molecule has 0 radical (unpaired) electrons. The number of nitrogens with zero attached hydrogens (tertiary/aromatic N) is 2. The zero-order valence-corrected chi connectivity index (χ0v) is 17.2. The lowest BCUT2D eigenvalue weighted by molar-refractivity contribution is -0.126. The molecule has 30 heavy (non-hydrogen) atoms. The molecule has 2 N–H and O–H groups in total. The van der Waals surface area contributed by atoms with E-state index >= 15 is 0 Å². The molecule has 0 aliphatic carbocycles. The smallest absolute Gasteiger partial charge is 0.240 e. The first-order valence-electron chi connectivity index (χ1n) is 9.63. The highest BCUT2D eigenvalue weighted by Crippen LogP contribution is 2.05. The maximum atomic E-state index is 11.8. The molecule has 0 fully saturated rings. The number of allylic oxidation sites excluding steroid dienone is 2. The number of hydrogen-bond donors (Lipinski definition) is 2. The summed E-state index contributed by atoms with van der Waals surface area (Å²) >= 11 is 0. The number of amides is 2. The Bertz CT molecular complexity index is 866. The van der Waals surface area contributed by atoms with Crippen molar-refractivity contribution in [2.24, 2.45) is 10.2 Å². The predicted molar refractivity (Wildman–Crippen MR) is 123 cm³/mol. The first kappa shape index (κ1) is 22.5. The van der Waals surface area contributed by atoms with Gasteiger partial charge in [-0.2, -0.15) is 10.2 Å². The fraction of sp³-hybridized carbons (Fsp3) is 0.167. The van der Waals surface area contributed by atoms with Gasteiger partial charge in [0.2, 0.25) is 11.8 Å². The van der Waals surface area contributed by atoms with Crippen molar-refractivity contribution in [3.05, 3.63) is 82.9 Å². The first-order chi connectivity index (χ1) is 14.5. The summed E-state index contributed by atoms with van der Waals surface area (Å²) in [5.74, 6) is -0.670. The topological polar surface area (TPSA) is 82.9 Å². The Hall–Kier alpha value is -3.80. The Balaban J connectivity index is 1.68. The van der Waals surface area contributed by atoms with Crippen LogP contribution in [0.1, 0.15) is 37.8 Å². The third-order valence-electron chi connectivity index (χ3n) is 3.88. The molecule has 2 aromatic rings. The van der Waals surface area contributed by atoms with Crippen LogP contribution in [0.3, 0.4) is 0 Å². The monoisotopic (exact) mass is 402 g/mol. The number of carbonyl (C=O) groups excluding carboxylic acids is 2. The number of benzene rings is 2. The molecule has 0 atom stereocenters. The Morgan fingerprint density at radius 3 is 1.43 bits per heavy atom. The summed E-state index contributed by atoms with van der Waals surface area (Å²) in [4.78, 5) is 23.6. The minimum Gasteiger partial charge on any atom is -0.273 e. The van der Waals surface area contributed by atoms with Crippen LogP contribution in [0, 0.1) is 0 Å². The first-order valence-corrected chi connectivity index (χ1v) is 9.63. The van der Waals surface area contributed by atoms with Crippen LogP contribution in [0.4, 0.5) is 0 Å². The van der Waals surface area contributed by atoms with Crippen molar-refractivity contribution in [3.63, 3.8) is 0 Å². The highest BCUT2D eigenvalue weighted by molar-refractivity contribution is 5.88. The molecular formula is C24H26N4O2. The molecule has 0 spiro atoms. The number of carbonyl (C=O) groups is 2. The Labute approximate surface area is 177 Å². The zero-order chi connectivity index (χ0) is 21.6. The van der Waals surface area contributed by atoms with E-state index in [1.165, 1.54) is 0 Å². The van der Waals surface area contributed by atoms with Gasteiger partial charge in [0.15, 0.2) is 0 Å². The van der Waals surface area contributed by atoms with Crippen molar-refractivity contribution in [3.8, 4) is 0 Å². The van der Waals surface area contributed by atoms with E-state index in [-0.39, 0.29) is 24.7 Å². The van der Waals surface area contributed by atoms with Gasteiger partial charge in [0, 0.05) is 12.8 Å². The van der Waals surface area contributed by atoms with Crippen LogP contribution in [0.15, 0.2) is 82.0 Å². The van der Waals surface area contributed by atoms with Gasteiger partial charge in [0.05, 0.1) is 12.4 Å². The molecule has 0 unspecified atom stereocenters. The molecule has 0 aliphatic rings. The molecule has 0 saturated heterocycles. The van der Waals surface area contributed by atoms with Crippen molar-refractivity contribution < 1.29 is 9.59 Å². The van der Waals surface area contributed by atoms with E-state index in [9.17, 15) is 9.59 Å². The van der Waals surface area contributed by atoms with E-state index in [4.69, 9.17) is 0 Å². The number of nitrogens with one attached hydrogen (secondary N) is 2. The van der Waals surface area contributed by atoms with Gasteiger partial charge in [-0.05, 0) is 36.1 Å². The number of hydrogen-bond acceptors (Lipinski definition) is 4.